The van der Waals surface area contributed by atoms with E-state index in [1.165, 1.54) is 0 Å². The Morgan fingerprint density at radius 3 is 2.46 bits per heavy atom. The third kappa shape index (κ3) is 3.86. The molecule has 2 aliphatic heterocycles. The van der Waals surface area contributed by atoms with Crippen LogP contribution in [0.2, 0.25) is 0 Å². The molecule has 3 rings (SSSR count). The quantitative estimate of drug-likeness (QED) is 0.797. The first kappa shape index (κ1) is 19.1. The highest BCUT2D eigenvalue weighted by molar-refractivity contribution is 5.82. The molecular weight excluding hydrogens is 352 g/mol. The van der Waals surface area contributed by atoms with Crippen LogP contribution in [-0.4, -0.2) is 31.2 Å². The molecule has 26 heavy (non-hydrogen) atoms. The molecule has 2 N–H and O–H groups in total. The molecule has 0 radical (unpaired) electrons. The van der Waals surface area contributed by atoms with Crippen LogP contribution in [0.1, 0.15) is 37.4 Å². The Labute approximate surface area is 149 Å². The molecule has 4 nitrogen and oxygen atoms in total. The van der Waals surface area contributed by atoms with Crippen molar-refractivity contribution in [3.05, 3.63) is 35.1 Å². The highest BCUT2D eigenvalue weighted by Crippen LogP contribution is 2.34. The number of carbonyl (C=O) groups is 1. The second kappa shape index (κ2) is 7.15. The maximum Gasteiger partial charge on any atom is 0.416 e. The third-order valence-corrected chi connectivity index (χ3v) is 5.34. The molecular formula is C18H22F4N2O2. The van der Waals surface area contributed by atoms with Gasteiger partial charge < -0.3 is 15.4 Å². The molecule has 8 heteroatoms. The lowest BCUT2D eigenvalue weighted by atomic mass is 9.90. The van der Waals surface area contributed by atoms with Gasteiger partial charge in [0.05, 0.1) is 30.9 Å². The van der Waals surface area contributed by atoms with Crippen molar-refractivity contribution in [2.75, 3.05) is 13.2 Å². The average Bonchev–Trinajstić information content (AvgIpc) is 2.83. The zero-order valence-electron chi connectivity index (χ0n) is 14.6. The summed E-state index contributed by atoms with van der Waals surface area (Å²) in [4.78, 5) is 12.6. The molecule has 144 valence electrons. The van der Waals surface area contributed by atoms with E-state index < -0.39 is 23.6 Å². The van der Waals surface area contributed by atoms with E-state index in [9.17, 15) is 22.4 Å². The first-order valence-corrected chi connectivity index (χ1v) is 8.67. The lowest BCUT2D eigenvalue weighted by Crippen LogP contribution is -2.48. The van der Waals surface area contributed by atoms with Crippen LogP contribution < -0.4 is 10.6 Å². The van der Waals surface area contributed by atoms with Gasteiger partial charge in [0, 0.05) is 17.5 Å². The van der Waals surface area contributed by atoms with Crippen LogP contribution in [0.15, 0.2) is 18.2 Å². The molecule has 0 aliphatic carbocycles. The van der Waals surface area contributed by atoms with Crippen LogP contribution in [0, 0.1) is 17.7 Å². The molecule has 1 amide bonds. The van der Waals surface area contributed by atoms with Crippen molar-refractivity contribution in [2.45, 2.75) is 44.6 Å². The maximum absolute atomic E-state index is 14.4. The van der Waals surface area contributed by atoms with E-state index in [1.807, 2.05) is 13.8 Å². The van der Waals surface area contributed by atoms with Crippen LogP contribution in [-0.2, 0) is 15.7 Å². The minimum absolute atomic E-state index is 0.0544. The number of halogens is 4. The largest absolute Gasteiger partial charge is 0.416 e. The van der Waals surface area contributed by atoms with Crippen LogP contribution in [0.5, 0.6) is 0 Å². The standard InChI is InChI=1S/C18H22F4N2O2/c1-9-5-15(23-10(9)2)17(25)24-16(11-7-26-8-11)13-4-3-12(6-14(13)19)18(20,21)22/h3-4,6,9-11,15-16,23H,5,7-8H2,1-2H3,(H,24,25)/t9-,10-,15-,16-/m1/s1. The molecule has 2 heterocycles. The zero-order chi connectivity index (χ0) is 19.1. The first-order valence-electron chi connectivity index (χ1n) is 8.67. The Balaban J connectivity index is 1.80. The molecule has 2 fully saturated rings. The number of hydrogen-bond acceptors (Lipinski definition) is 3. The predicted octanol–water partition coefficient (Wildman–Crippen LogP) is 3.03. The minimum atomic E-state index is -4.61. The molecule has 1 aromatic rings. The molecule has 0 saturated carbocycles. The van der Waals surface area contributed by atoms with Crippen molar-refractivity contribution in [2.24, 2.45) is 11.8 Å². The Hall–Kier alpha value is -1.67. The second-order valence-corrected chi connectivity index (χ2v) is 7.24. The fraction of sp³-hybridized carbons (Fsp3) is 0.611. The van der Waals surface area contributed by atoms with Crippen LogP contribution >= 0.6 is 0 Å². The van der Waals surface area contributed by atoms with Crippen molar-refractivity contribution < 1.29 is 27.1 Å². The van der Waals surface area contributed by atoms with Crippen LogP contribution in [0.3, 0.4) is 0 Å². The summed E-state index contributed by atoms with van der Waals surface area (Å²) < 4.78 is 57.8. The number of amides is 1. The minimum Gasteiger partial charge on any atom is -0.381 e. The molecule has 0 aromatic heterocycles. The highest BCUT2D eigenvalue weighted by Gasteiger charge is 2.38. The number of carbonyl (C=O) groups excluding carboxylic acids is 1. The summed E-state index contributed by atoms with van der Waals surface area (Å²) in [5.41, 5.74) is -0.993. The molecule has 0 unspecified atom stereocenters. The van der Waals surface area contributed by atoms with Gasteiger partial charge >= 0.3 is 6.18 Å². The van der Waals surface area contributed by atoms with Crippen molar-refractivity contribution in [1.29, 1.82) is 0 Å². The lowest BCUT2D eigenvalue weighted by Gasteiger charge is -2.35. The summed E-state index contributed by atoms with van der Waals surface area (Å²) in [6.07, 6.45) is -3.95. The van der Waals surface area contributed by atoms with E-state index in [0.717, 1.165) is 12.1 Å². The molecule has 0 bridgehead atoms. The van der Waals surface area contributed by atoms with Crippen LogP contribution in [0.25, 0.3) is 0 Å². The summed E-state index contributed by atoms with van der Waals surface area (Å²) in [6.45, 7) is 4.69. The number of hydrogen-bond donors (Lipinski definition) is 2. The summed E-state index contributed by atoms with van der Waals surface area (Å²) in [6, 6.07) is 1.52. The lowest BCUT2D eigenvalue weighted by molar-refractivity contribution is -0.138. The number of nitrogens with one attached hydrogen (secondary N) is 2. The van der Waals surface area contributed by atoms with Crippen molar-refractivity contribution in [1.82, 2.24) is 10.6 Å². The Morgan fingerprint density at radius 2 is 2.00 bits per heavy atom. The number of rotatable bonds is 4. The number of alkyl halides is 3. The Kier molecular flexibility index (Phi) is 5.25. The zero-order valence-corrected chi connectivity index (χ0v) is 14.6. The van der Waals surface area contributed by atoms with Gasteiger partial charge in [-0.25, -0.2) is 4.39 Å². The molecule has 4 atom stereocenters. The van der Waals surface area contributed by atoms with E-state index in [0.29, 0.717) is 31.6 Å². The molecule has 1 aromatic carbocycles. The van der Waals surface area contributed by atoms with E-state index >= 15 is 0 Å². The van der Waals surface area contributed by atoms with E-state index in [1.54, 1.807) is 0 Å². The van der Waals surface area contributed by atoms with Gasteiger partial charge in [-0.1, -0.05) is 13.0 Å². The average molecular weight is 374 g/mol. The second-order valence-electron chi connectivity index (χ2n) is 7.24. The van der Waals surface area contributed by atoms with E-state index in [2.05, 4.69) is 10.6 Å². The Bertz CT molecular complexity index is 666. The van der Waals surface area contributed by atoms with Gasteiger partial charge in [-0.15, -0.1) is 0 Å². The fourth-order valence-corrected chi connectivity index (χ4v) is 3.41. The van der Waals surface area contributed by atoms with Crippen molar-refractivity contribution in [3.8, 4) is 0 Å². The van der Waals surface area contributed by atoms with Gasteiger partial charge in [0.1, 0.15) is 5.82 Å². The van der Waals surface area contributed by atoms with Gasteiger partial charge in [-0.05, 0) is 31.4 Å². The normalized spacial score (nSPS) is 27.8. The SMILES string of the molecule is C[C@@H]1C[C@H](C(=O)N[C@@H](c2ccc(C(F)(F)F)cc2F)C2COC2)N[C@@H]1C. The first-order chi connectivity index (χ1) is 12.2. The Morgan fingerprint density at radius 1 is 1.31 bits per heavy atom. The van der Waals surface area contributed by atoms with Gasteiger partial charge in [-0.3, -0.25) is 4.79 Å². The van der Waals surface area contributed by atoms with E-state index in [4.69, 9.17) is 4.74 Å². The summed E-state index contributed by atoms with van der Waals surface area (Å²) in [7, 11) is 0. The van der Waals surface area contributed by atoms with E-state index in [-0.39, 0.29) is 29.5 Å². The van der Waals surface area contributed by atoms with Gasteiger partial charge in [0.15, 0.2) is 0 Å². The highest BCUT2D eigenvalue weighted by atomic mass is 19.4. The predicted molar refractivity (Wildman–Crippen MR) is 86.8 cm³/mol. The molecule has 0 spiro atoms. The van der Waals surface area contributed by atoms with Crippen molar-refractivity contribution in [3.63, 3.8) is 0 Å². The van der Waals surface area contributed by atoms with Gasteiger partial charge in [0.2, 0.25) is 5.91 Å². The monoisotopic (exact) mass is 374 g/mol. The summed E-state index contributed by atoms with van der Waals surface area (Å²) in [5, 5.41) is 6.01. The topological polar surface area (TPSA) is 50.4 Å². The third-order valence-electron chi connectivity index (χ3n) is 5.34. The fourth-order valence-electron chi connectivity index (χ4n) is 3.41. The van der Waals surface area contributed by atoms with Gasteiger partial charge in [-0.2, -0.15) is 13.2 Å². The van der Waals surface area contributed by atoms with Gasteiger partial charge in [0.25, 0.3) is 0 Å². The van der Waals surface area contributed by atoms with Crippen LogP contribution in [0.4, 0.5) is 17.6 Å². The molecule has 2 aliphatic rings. The number of benzene rings is 1. The maximum atomic E-state index is 14.4. The number of ether oxygens (including phenoxy) is 1. The molecule has 2 saturated heterocycles. The van der Waals surface area contributed by atoms with Crippen molar-refractivity contribution >= 4 is 5.91 Å². The smallest absolute Gasteiger partial charge is 0.381 e. The summed E-state index contributed by atoms with van der Waals surface area (Å²) >= 11 is 0. The summed E-state index contributed by atoms with van der Waals surface area (Å²) in [5.74, 6) is -1.07.